The van der Waals surface area contributed by atoms with Gasteiger partial charge in [0.15, 0.2) is 0 Å². The van der Waals surface area contributed by atoms with E-state index in [0.717, 1.165) is 91.4 Å². The lowest BCUT2D eigenvalue weighted by atomic mass is 9.73. The van der Waals surface area contributed by atoms with Crippen molar-refractivity contribution >= 4 is 23.2 Å². The third kappa shape index (κ3) is 6.48. The quantitative estimate of drug-likeness (QED) is 0.269. The maximum atomic E-state index is 14.0. The second-order valence-corrected chi connectivity index (χ2v) is 14.3. The molecule has 10 nitrogen and oxygen atoms in total. The molecule has 49 heavy (non-hydrogen) atoms. The number of piperidine rings is 1. The minimum Gasteiger partial charge on any atom is -0.496 e. The van der Waals surface area contributed by atoms with Crippen LogP contribution in [-0.4, -0.2) is 74.2 Å². The fraction of sp³-hybridized carbons (Fsp3) is 0.513. The van der Waals surface area contributed by atoms with Gasteiger partial charge in [0.1, 0.15) is 5.75 Å². The number of hydrogen-bond acceptors (Lipinski definition) is 7. The summed E-state index contributed by atoms with van der Waals surface area (Å²) in [6, 6.07) is 12.5. The van der Waals surface area contributed by atoms with Gasteiger partial charge in [0, 0.05) is 55.0 Å². The van der Waals surface area contributed by atoms with Crippen LogP contribution in [0.1, 0.15) is 78.2 Å². The van der Waals surface area contributed by atoms with Crippen molar-refractivity contribution < 1.29 is 19.1 Å². The molecule has 260 valence electrons. The summed E-state index contributed by atoms with van der Waals surface area (Å²) in [5.74, 6) is 1.12. The lowest BCUT2D eigenvalue weighted by Gasteiger charge is -2.38. The van der Waals surface area contributed by atoms with Crippen LogP contribution in [0.4, 0.5) is 11.4 Å². The smallest absolute Gasteiger partial charge is 0.256 e. The summed E-state index contributed by atoms with van der Waals surface area (Å²) in [4.78, 5) is 48.1. The Kier molecular flexibility index (Phi) is 9.28. The first-order chi connectivity index (χ1) is 23.7. The van der Waals surface area contributed by atoms with Gasteiger partial charge in [-0.2, -0.15) is 0 Å². The van der Waals surface area contributed by atoms with Crippen molar-refractivity contribution in [3.05, 3.63) is 74.7 Å². The van der Waals surface area contributed by atoms with Gasteiger partial charge in [-0.1, -0.05) is 12.1 Å². The highest BCUT2D eigenvalue weighted by molar-refractivity contribution is 6.07. The number of H-pyrrole nitrogens is 1. The fourth-order valence-corrected chi connectivity index (χ4v) is 8.21. The number of hydrogen-bond donors (Lipinski definition) is 3. The van der Waals surface area contributed by atoms with Crippen molar-refractivity contribution in [2.75, 3.05) is 56.7 Å². The average molecular weight is 668 g/mol. The number of amides is 2. The molecule has 1 spiro atoms. The van der Waals surface area contributed by atoms with E-state index in [1.165, 1.54) is 20.0 Å². The number of aromatic nitrogens is 1. The summed E-state index contributed by atoms with van der Waals surface area (Å²) < 4.78 is 11.1. The van der Waals surface area contributed by atoms with E-state index in [1.807, 2.05) is 13.0 Å². The number of pyridine rings is 1. The number of methoxy groups -OCH3 is 1. The fourth-order valence-electron chi connectivity index (χ4n) is 8.21. The molecule has 2 saturated heterocycles. The third-order valence-electron chi connectivity index (χ3n) is 11.3. The van der Waals surface area contributed by atoms with E-state index in [9.17, 15) is 14.4 Å². The Morgan fingerprint density at radius 3 is 2.49 bits per heavy atom. The van der Waals surface area contributed by atoms with Gasteiger partial charge in [-0.3, -0.25) is 14.4 Å². The first-order valence-electron chi connectivity index (χ1n) is 17.9. The van der Waals surface area contributed by atoms with E-state index in [0.29, 0.717) is 41.8 Å². The van der Waals surface area contributed by atoms with E-state index in [2.05, 4.69) is 56.6 Å². The van der Waals surface area contributed by atoms with Gasteiger partial charge in [0.2, 0.25) is 5.91 Å². The van der Waals surface area contributed by atoms with Gasteiger partial charge < -0.3 is 34.9 Å². The first-order valence-corrected chi connectivity index (χ1v) is 17.9. The van der Waals surface area contributed by atoms with Crippen molar-refractivity contribution in [3.63, 3.8) is 0 Å². The SMILES string of the molecule is CCN(c1cc(-c2ccc3c(c2)NC(=O)C32CCN(CC3CC3)CC2)cc(C(=O)NCc2c(OC)cc(C)[nH]c2=O)c1C)C1CCOCC1. The molecule has 10 heteroatoms. The van der Waals surface area contributed by atoms with Gasteiger partial charge in [0.05, 0.1) is 24.6 Å². The molecule has 4 heterocycles. The first kappa shape index (κ1) is 33.4. The number of carbonyl (C=O) groups excluding carboxylic acids is 2. The van der Waals surface area contributed by atoms with Crippen LogP contribution in [0.15, 0.2) is 41.2 Å². The Balaban J connectivity index is 1.22. The number of carbonyl (C=O) groups is 2. The number of nitrogens with zero attached hydrogens (tertiary/aromatic N) is 2. The molecule has 3 aliphatic heterocycles. The van der Waals surface area contributed by atoms with Crippen LogP contribution in [0.5, 0.6) is 5.75 Å². The van der Waals surface area contributed by atoms with Crippen molar-refractivity contribution in [2.24, 2.45) is 5.92 Å². The number of fused-ring (bicyclic) bond motifs is 2. The molecule has 1 aliphatic carbocycles. The lowest BCUT2D eigenvalue weighted by Crippen LogP contribution is -2.46. The van der Waals surface area contributed by atoms with Crippen molar-refractivity contribution in [1.29, 1.82) is 0 Å². The summed E-state index contributed by atoms with van der Waals surface area (Å²) in [6.07, 6.45) is 6.18. The van der Waals surface area contributed by atoms with E-state index in [4.69, 9.17) is 9.47 Å². The number of rotatable bonds is 10. The zero-order valence-corrected chi connectivity index (χ0v) is 29.2. The zero-order chi connectivity index (χ0) is 34.3. The van der Waals surface area contributed by atoms with E-state index in [-0.39, 0.29) is 23.9 Å². The van der Waals surface area contributed by atoms with Crippen molar-refractivity contribution in [1.82, 2.24) is 15.2 Å². The van der Waals surface area contributed by atoms with Crippen LogP contribution >= 0.6 is 0 Å². The molecule has 0 atom stereocenters. The Labute approximate surface area is 288 Å². The molecule has 4 aliphatic rings. The summed E-state index contributed by atoms with van der Waals surface area (Å²) in [6.45, 7) is 11.2. The lowest BCUT2D eigenvalue weighted by molar-refractivity contribution is -0.122. The topological polar surface area (TPSA) is 116 Å². The van der Waals surface area contributed by atoms with E-state index >= 15 is 0 Å². The molecule has 3 fully saturated rings. The molecule has 1 saturated carbocycles. The number of ether oxygens (including phenoxy) is 2. The molecule has 1 aromatic heterocycles. The number of likely N-dealkylation sites (tertiary alicyclic amines) is 1. The molecule has 2 aromatic carbocycles. The number of anilines is 2. The molecular formula is C39H49N5O5. The molecule has 3 N–H and O–H groups in total. The van der Waals surface area contributed by atoms with Crippen LogP contribution in [0.2, 0.25) is 0 Å². The number of aryl methyl sites for hydroxylation is 1. The van der Waals surface area contributed by atoms with Gasteiger partial charge in [0.25, 0.3) is 11.5 Å². The van der Waals surface area contributed by atoms with Crippen LogP contribution in [0.25, 0.3) is 11.1 Å². The van der Waals surface area contributed by atoms with E-state index in [1.54, 1.807) is 13.0 Å². The monoisotopic (exact) mass is 667 g/mol. The standard InChI is InChI=1S/C39H49N5O5/c1-5-44(29-10-16-49-17-11-29)34-21-28(19-30(25(34)3)36(45)40-22-31-35(48-4)18-24(2)41-37(31)46)27-8-9-32-33(20-27)42-38(47)39(32)12-14-43(15-13-39)23-26-6-7-26/h8-9,18-21,26,29H,5-7,10-17,22-23H2,1-4H3,(H,40,45)(H,41,46)(H,42,47). The summed E-state index contributed by atoms with van der Waals surface area (Å²) in [7, 11) is 1.52. The van der Waals surface area contributed by atoms with Crippen LogP contribution in [0.3, 0.4) is 0 Å². The maximum absolute atomic E-state index is 14.0. The Bertz CT molecular complexity index is 1800. The third-order valence-corrected chi connectivity index (χ3v) is 11.3. The largest absolute Gasteiger partial charge is 0.496 e. The van der Waals surface area contributed by atoms with Crippen molar-refractivity contribution in [3.8, 4) is 16.9 Å². The second-order valence-electron chi connectivity index (χ2n) is 14.3. The maximum Gasteiger partial charge on any atom is 0.256 e. The molecule has 3 aromatic rings. The Morgan fingerprint density at radius 2 is 1.80 bits per heavy atom. The van der Waals surface area contributed by atoms with Gasteiger partial charge in [-0.15, -0.1) is 0 Å². The molecule has 7 rings (SSSR count). The normalized spacial score (nSPS) is 19.1. The molecule has 0 radical (unpaired) electrons. The van der Waals surface area contributed by atoms with Gasteiger partial charge >= 0.3 is 0 Å². The van der Waals surface area contributed by atoms with Crippen LogP contribution in [-0.2, 0) is 21.5 Å². The molecule has 2 amide bonds. The zero-order valence-electron chi connectivity index (χ0n) is 29.2. The Morgan fingerprint density at radius 1 is 1.04 bits per heavy atom. The van der Waals surface area contributed by atoms with Crippen molar-refractivity contribution in [2.45, 2.75) is 77.3 Å². The minimum absolute atomic E-state index is 0.0269. The average Bonchev–Trinajstić information content (AvgIpc) is 3.89. The number of benzene rings is 2. The highest BCUT2D eigenvalue weighted by Crippen LogP contribution is 2.47. The molecule has 0 unspecified atom stereocenters. The summed E-state index contributed by atoms with van der Waals surface area (Å²) >= 11 is 0. The van der Waals surface area contributed by atoms with Crippen LogP contribution < -0.4 is 25.8 Å². The van der Waals surface area contributed by atoms with Crippen LogP contribution in [0, 0.1) is 19.8 Å². The number of aromatic amines is 1. The highest BCUT2D eigenvalue weighted by atomic mass is 16.5. The molecular weight excluding hydrogens is 618 g/mol. The van der Waals surface area contributed by atoms with Gasteiger partial charge in [-0.25, -0.2) is 0 Å². The predicted molar refractivity (Wildman–Crippen MR) is 192 cm³/mol. The highest BCUT2D eigenvalue weighted by Gasteiger charge is 2.48. The van der Waals surface area contributed by atoms with Gasteiger partial charge in [-0.05, 0) is 125 Å². The Hall–Kier alpha value is -4.15. The number of nitrogens with one attached hydrogen (secondary N) is 3. The van der Waals surface area contributed by atoms with E-state index < -0.39 is 5.41 Å². The summed E-state index contributed by atoms with van der Waals surface area (Å²) in [5.41, 5.74) is 6.53. The second kappa shape index (κ2) is 13.6. The minimum atomic E-state index is -0.478. The summed E-state index contributed by atoms with van der Waals surface area (Å²) in [5, 5.41) is 6.24. The molecule has 0 bridgehead atoms. The predicted octanol–water partition coefficient (Wildman–Crippen LogP) is 5.30.